The number of carbonyl (C=O) groups excluding carboxylic acids is 2. The molecule has 0 atom stereocenters. The number of nitrogens with zero attached hydrogens (tertiary/aromatic N) is 2. The van der Waals surface area contributed by atoms with Gasteiger partial charge in [-0.1, -0.05) is 120 Å². The Morgan fingerprint density at radius 2 is 1.30 bits per heavy atom. The topological polar surface area (TPSA) is 103 Å². The van der Waals surface area contributed by atoms with Crippen LogP contribution in [0.15, 0.2) is 47.6 Å². The summed E-state index contributed by atoms with van der Waals surface area (Å²) in [4.78, 5) is 41.2. The summed E-state index contributed by atoms with van der Waals surface area (Å²) in [5, 5.41) is 0.707. The van der Waals surface area contributed by atoms with E-state index in [0.29, 0.717) is 39.2 Å². The summed E-state index contributed by atoms with van der Waals surface area (Å²) in [6.45, 7) is 11.3. The molecule has 0 spiro atoms. The fourth-order valence-corrected chi connectivity index (χ4v) is 7.67. The predicted octanol–water partition coefficient (Wildman–Crippen LogP) is 12.0. The lowest BCUT2D eigenvalue weighted by molar-refractivity contribution is 0.0377. The second-order valence-corrected chi connectivity index (χ2v) is 15.5. The number of rotatable bonds is 23. The lowest BCUT2D eigenvalue weighted by atomic mass is 9.87. The molecule has 0 bridgehead atoms. The number of imidazole rings is 1. The van der Waals surface area contributed by atoms with Crippen molar-refractivity contribution in [1.82, 2.24) is 15.0 Å². The van der Waals surface area contributed by atoms with Crippen molar-refractivity contribution in [2.24, 2.45) is 0 Å². The molecule has 0 fully saturated rings. The molecule has 8 nitrogen and oxygen atoms in total. The normalized spacial score (nSPS) is 11.5. The van der Waals surface area contributed by atoms with Crippen molar-refractivity contribution in [3.8, 4) is 16.9 Å². The largest absolute Gasteiger partial charge is 0.496 e. The number of nitrogens with one attached hydrogen (secondary N) is 1. The molecule has 0 saturated heterocycles. The molecule has 0 radical (unpaired) electrons. The summed E-state index contributed by atoms with van der Waals surface area (Å²) < 4.78 is 17.7. The van der Waals surface area contributed by atoms with Gasteiger partial charge in [0.25, 0.3) is 0 Å². The number of para-hydroxylation sites is 2. The molecular weight excluding hydrogens is 683 g/mol. The summed E-state index contributed by atoms with van der Waals surface area (Å²) in [5.41, 5.74) is 5.44. The predicted molar refractivity (Wildman–Crippen MR) is 217 cm³/mol. The molecule has 1 N–H and O–H groups in total. The van der Waals surface area contributed by atoms with E-state index in [1.807, 2.05) is 64.1 Å². The molecule has 0 aliphatic rings. The van der Waals surface area contributed by atoms with Crippen LogP contribution in [0.4, 0.5) is 0 Å². The molecule has 0 aliphatic carbocycles. The van der Waals surface area contributed by atoms with Crippen LogP contribution in [0.2, 0.25) is 0 Å². The molecule has 4 rings (SSSR count). The third-order valence-electron chi connectivity index (χ3n) is 9.39. The van der Waals surface area contributed by atoms with Crippen molar-refractivity contribution in [3.63, 3.8) is 0 Å². The number of ether oxygens (including phenoxy) is 3. The molecule has 2 aromatic heterocycles. The lowest BCUT2D eigenvalue weighted by Gasteiger charge is -2.23. The fourth-order valence-electron chi connectivity index (χ4n) is 6.84. The second-order valence-electron chi connectivity index (χ2n) is 14.5. The van der Waals surface area contributed by atoms with Crippen LogP contribution in [0.5, 0.6) is 5.75 Å². The van der Waals surface area contributed by atoms with E-state index in [2.05, 4.69) is 18.0 Å². The average Bonchev–Trinajstić information content (AvgIpc) is 3.54. The minimum atomic E-state index is -0.542. The molecule has 288 valence electrons. The highest BCUT2D eigenvalue weighted by Crippen LogP contribution is 2.42. The van der Waals surface area contributed by atoms with Gasteiger partial charge < -0.3 is 19.2 Å². The van der Waals surface area contributed by atoms with E-state index in [0.717, 1.165) is 35.9 Å². The van der Waals surface area contributed by atoms with Gasteiger partial charge in [0.2, 0.25) is 0 Å². The Kier molecular flexibility index (Phi) is 17.2. The van der Waals surface area contributed by atoms with Crippen LogP contribution in [0.25, 0.3) is 22.2 Å². The third kappa shape index (κ3) is 12.3. The number of fused-ring (bicyclic) bond motifs is 1. The molecule has 0 unspecified atom stereocenters. The van der Waals surface area contributed by atoms with E-state index in [4.69, 9.17) is 24.2 Å². The summed E-state index contributed by atoms with van der Waals surface area (Å²) in [5.74, 6) is -0.179. The highest BCUT2D eigenvalue weighted by Gasteiger charge is 2.32. The van der Waals surface area contributed by atoms with E-state index in [9.17, 15) is 9.59 Å². The Morgan fingerprint density at radius 1 is 0.717 bits per heavy atom. The first-order chi connectivity index (χ1) is 25.6. The quantitative estimate of drug-likeness (QED) is 0.0455. The van der Waals surface area contributed by atoms with Gasteiger partial charge in [0.15, 0.2) is 5.16 Å². The van der Waals surface area contributed by atoms with Gasteiger partial charge in [0.1, 0.15) is 5.75 Å². The van der Waals surface area contributed by atoms with Crippen molar-refractivity contribution in [3.05, 3.63) is 70.5 Å². The molecule has 2 aromatic carbocycles. The molecular formula is C44H61N3O5S. The number of unbranched alkanes of at least 4 members (excludes halogenated alkanes) is 12. The van der Waals surface area contributed by atoms with Crippen LogP contribution in [0, 0.1) is 6.92 Å². The van der Waals surface area contributed by atoms with Gasteiger partial charge >= 0.3 is 11.9 Å². The van der Waals surface area contributed by atoms with Crippen molar-refractivity contribution in [2.75, 3.05) is 7.11 Å². The maximum Gasteiger partial charge on any atom is 0.340 e. The minimum Gasteiger partial charge on any atom is -0.496 e. The van der Waals surface area contributed by atoms with Gasteiger partial charge in [-0.3, -0.25) is 4.98 Å². The van der Waals surface area contributed by atoms with Crippen molar-refractivity contribution in [1.29, 1.82) is 0 Å². The first-order valence-corrected chi connectivity index (χ1v) is 20.8. The zero-order chi connectivity index (χ0) is 38.2. The number of benzene rings is 2. The Labute approximate surface area is 321 Å². The molecule has 0 saturated carbocycles. The van der Waals surface area contributed by atoms with E-state index in [-0.39, 0.29) is 23.3 Å². The number of carbonyl (C=O) groups is 2. The molecule has 53 heavy (non-hydrogen) atoms. The number of esters is 2. The van der Waals surface area contributed by atoms with E-state index >= 15 is 0 Å². The number of aromatic nitrogens is 3. The Bertz CT molecular complexity index is 1730. The highest BCUT2D eigenvalue weighted by atomic mass is 32.2. The summed E-state index contributed by atoms with van der Waals surface area (Å²) in [7, 11) is 1.62. The summed E-state index contributed by atoms with van der Waals surface area (Å²) >= 11 is 1.45. The van der Waals surface area contributed by atoms with Crippen LogP contribution in [0.3, 0.4) is 0 Å². The fraction of sp³-hybridized carbons (Fsp3) is 0.545. The van der Waals surface area contributed by atoms with Gasteiger partial charge in [0.05, 0.1) is 52.9 Å². The second kappa shape index (κ2) is 21.8. The van der Waals surface area contributed by atoms with Gasteiger partial charge in [-0.15, -0.1) is 0 Å². The van der Waals surface area contributed by atoms with Crippen LogP contribution >= 0.6 is 11.8 Å². The zero-order valence-corrected chi connectivity index (χ0v) is 34.0. The van der Waals surface area contributed by atoms with Crippen LogP contribution in [-0.4, -0.2) is 46.2 Å². The Balaban J connectivity index is 1.65. The van der Waals surface area contributed by atoms with Gasteiger partial charge in [-0.05, 0) is 71.2 Å². The average molecular weight is 744 g/mol. The van der Waals surface area contributed by atoms with Crippen LogP contribution in [0.1, 0.15) is 156 Å². The smallest absolute Gasteiger partial charge is 0.340 e. The molecule has 4 aromatic rings. The zero-order valence-electron chi connectivity index (χ0n) is 33.1. The maximum absolute atomic E-state index is 14.2. The first kappa shape index (κ1) is 41.9. The van der Waals surface area contributed by atoms with Crippen molar-refractivity contribution in [2.45, 2.75) is 155 Å². The van der Waals surface area contributed by atoms with Gasteiger partial charge in [-0.25, -0.2) is 14.6 Å². The van der Waals surface area contributed by atoms with Crippen LogP contribution < -0.4 is 4.74 Å². The monoisotopic (exact) mass is 743 g/mol. The van der Waals surface area contributed by atoms with Crippen LogP contribution in [-0.2, 0) is 21.6 Å². The SMILES string of the molecule is CCCCCCCCCCCCCCCc1cccc(OC)c1-c1c(C(=O)OC(C)C)c(C)nc(CSc2nc3ccccc3[nH]2)c1C(=O)OC(C)C. The number of aromatic amines is 1. The van der Waals surface area contributed by atoms with Gasteiger partial charge in [-0.2, -0.15) is 0 Å². The number of methoxy groups -OCH3 is 1. The standard InChI is InChI=1S/C44H61N3O5S/c1-8-9-10-11-12-13-14-15-16-17-18-19-20-24-33-25-23-28-37(50-7)39(33)41-38(42(48)51-30(2)3)32(6)45-36(40(41)43(49)52-31(4)5)29-53-44-46-34-26-21-22-27-35(34)47-44/h21-23,25-28,30-31H,8-20,24,29H2,1-7H3,(H,46,47). The number of hydrogen-bond donors (Lipinski definition) is 1. The number of aryl methyl sites for hydroxylation is 2. The third-order valence-corrected chi connectivity index (χ3v) is 10.3. The number of H-pyrrole nitrogens is 1. The number of thioether (sulfide) groups is 1. The molecule has 2 heterocycles. The minimum absolute atomic E-state index is 0.250. The maximum atomic E-state index is 14.2. The molecule has 0 amide bonds. The van der Waals surface area contributed by atoms with Crippen molar-refractivity contribution < 1.29 is 23.8 Å². The van der Waals surface area contributed by atoms with Crippen molar-refractivity contribution >= 4 is 34.7 Å². The van der Waals surface area contributed by atoms with E-state index in [1.165, 1.54) is 82.4 Å². The molecule has 0 aliphatic heterocycles. The van der Waals surface area contributed by atoms with E-state index < -0.39 is 11.9 Å². The summed E-state index contributed by atoms with van der Waals surface area (Å²) in [6, 6.07) is 13.8. The first-order valence-electron chi connectivity index (χ1n) is 19.8. The number of hydrogen-bond acceptors (Lipinski definition) is 8. The lowest BCUT2D eigenvalue weighted by Crippen LogP contribution is -2.22. The Hall–Kier alpha value is -3.85. The summed E-state index contributed by atoms with van der Waals surface area (Å²) in [6.07, 6.45) is 16.6. The number of pyridine rings is 1. The van der Waals surface area contributed by atoms with Gasteiger partial charge in [0, 0.05) is 16.9 Å². The highest BCUT2D eigenvalue weighted by molar-refractivity contribution is 7.98. The molecule has 9 heteroatoms. The Morgan fingerprint density at radius 3 is 1.89 bits per heavy atom. The van der Waals surface area contributed by atoms with E-state index in [1.54, 1.807) is 14.0 Å².